The molecular weight excluding hydrogens is 604 g/mol. The van der Waals surface area contributed by atoms with E-state index in [0.29, 0.717) is 0 Å². The van der Waals surface area contributed by atoms with E-state index in [0.717, 1.165) is 11.1 Å². The van der Waals surface area contributed by atoms with E-state index in [4.69, 9.17) is 22.8 Å². The van der Waals surface area contributed by atoms with Crippen molar-refractivity contribution >= 4 is 30.2 Å². The lowest BCUT2D eigenvalue weighted by Gasteiger charge is -2.49. The minimum atomic E-state index is -4.49. The van der Waals surface area contributed by atoms with Gasteiger partial charge in [-0.15, -0.1) is 0 Å². The fraction of sp³-hybridized carbons (Fsp3) is 0.562. The van der Waals surface area contributed by atoms with Crippen LogP contribution in [0.2, 0.25) is 18.1 Å². The number of ketones is 1. The fourth-order valence-electron chi connectivity index (χ4n) is 5.18. The Morgan fingerprint density at radius 2 is 1.61 bits per heavy atom. The third-order valence-corrected chi connectivity index (χ3v) is 14.4. The quantitative estimate of drug-likeness (QED) is 0.162. The second kappa shape index (κ2) is 14.8. The molecule has 0 unspecified atom stereocenters. The number of carbonyl (C=O) groups excluding carboxylic acids is 1. The normalized spacial score (nSPS) is 23.7. The number of Topliss-reactive ketones (excluding diaryl/α,β-unsaturated/α-hetero) is 1. The van der Waals surface area contributed by atoms with Gasteiger partial charge in [0.05, 0.1) is 35.7 Å². The average Bonchev–Trinajstić information content (AvgIpc) is 2.93. The number of carboxylic acid groups (broad SMARTS) is 1. The lowest BCUT2D eigenvalue weighted by atomic mass is 9.70. The summed E-state index contributed by atoms with van der Waals surface area (Å²) >= 11 is 0. The Morgan fingerprint density at radius 3 is 2.14 bits per heavy atom. The highest BCUT2D eigenvalue weighted by atomic mass is 32.2. The van der Waals surface area contributed by atoms with Crippen LogP contribution in [-0.2, 0) is 49.1 Å². The van der Waals surface area contributed by atoms with Gasteiger partial charge in [-0.3, -0.25) is 13.8 Å². The summed E-state index contributed by atoms with van der Waals surface area (Å²) in [7, 11) is -5.64. The van der Waals surface area contributed by atoms with Gasteiger partial charge in [0.15, 0.2) is 14.1 Å². The number of aryl methyl sites for hydroxylation is 1. The highest BCUT2D eigenvalue weighted by Gasteiger charge is 2.57. The van der Waals surface area contributed by atoms with E-state index in [-0.39, 0.29) is 29.8 Å². The van der Waals surface area contributed by atoms with E-state index in [1.165, 1.54) is 26.2 Å². The second-order valence-electron chi connectivity index (χ2n) is 12.9. The lowest BCUT2D eigenvalue weighted by Crippen LogP contribution is -2.61. The van der Waals surface area contributed by atoms with Crippen molar-refractivity contribution in [3.8, 4) is 0 Å². The highest BCUT2D eigenvalue weighted by molar-refractivity contribution is 7.86. The number of carbonyl (C=O) groups is 2. The third kappa shape index (κ3) is 8.84. The molecule has 1 aliphatic rings. The number of benzene rings is 2. The molecule has 1 fully saturated rings. The van der Waals surface area contributed by atoms with E-state index >= 15 is 0 Å². The summed E-state index contributed by atoms with van der Waals surface area (Å²) in [5.41, 5.74) is 1.71. The molecule has 3 rings (SSSR count). The number of hydrogen-bond donors (Lipinski definition) is 1. The van der Waals surface area contributed by atoms with Crippen LogP contribution < -0.4 is 0 Å². The van der Waals surface area contributed by atoms with Crippen molar-refractivity contribution in [2.45, 2.75) is 95.1 Å². The molecule has 1 aliphatic carbocycles. The minimum absolute atomic E-state index is 0.135. The van der Waals surface area contributed by atoms with Crippen LogP contribution in [0, 0.1) is 18.8 Å². The van der Waals surface area contributed by atoms with E-state index in [1.54, 1.807) is 12.1 Å². The molecule has 1 N–H and O–H groups in total. The van der Waals surface area contributed by atoms with Gasteiger partial charge < -0.3 is 23.7 Å². The second-order valence-corrected chi connectivity index (χ2v) is 19.2. The molecule has 0 saturated heterocycles. The molecule has 6 atom stereocenters. The Labute approximate surface area is 262 Å². The number of rotatable bonds is 14. The maximum Gasteiger partial charge on any atom is 0.309 e. The van der Waals surface area contributed by atoms with E-state index in [2.05, 4.69) is 0 Å². The average molecular weight is 651 g/mol. The molecule has 0 aromatic heterocycles. The van der Waals surface area contributed by atoms with Gasteiger partial charge in [0.1, 0.15) is 12.9 Å². The van der Waals surface area contributed by atoms with Gasteiger partial charge in [-0.25, -0.2) is 0 Å². The van der Waals surface area contributed by atoms with Crippen LogP contribution in [0.15, 0.2) is 59.5 Å². The molecule has 0 radical (unpaired) electrons. The number of ether oxygens (including phenoxy) is 3. The van der Waals surface area contributed by atoms with Crippen molar-refractivity contribution < 1.29 is 45.9 Å². The zero-order valence-corrected chi connectivity index (χ0v) is 28.6. The largest absolute Gasteiger partial charge is 0.481 e. The first-order valence-corrected chi connectivity index (χ1v) is 19.0. The molecule has 12 heteroatoms. The zero-order valence-electron chi connectivity index (χ0n) is 26.8. The minimum Gasteiger partial charge on any atom is -0.481 e. The molecule has 244 valence electrons. The van der Waals surface area contributed by atoms with Crippen molar-refractivity contribution in [1.29, 1.82) is 0 Å². The van der Waals surface area contributed by atoms with Crippen LogP contribution in [-0.4, -0.2) is 71.9 Å². The number of aliphatic carboxylic acids is 1. The van der Waals surface area contributed by atoms with Gasteiger partial charge in [-0.2, -0.15) is 8.42 Å². The van der Waals surface area contributed by atoms with E-state index in [1.807, 2.05) is 71.1 Å². The molecule has 0 aliphatic heterocycles. The molecule has 10 nitrogen and oxygen atoms in total. The maximum atomic E-state index is 13.5. The summed E-state index contributed by atoms with van der Waals surface area (Å²) in [6.45, 7) is 13.1. The van der Waals surface area contributed by atoms with Crippen molar-refractivity contribution in [3.05, 3.63) is 65.7 Å². The smallest absolute Gasteiger partial charge is 0.309 e. The zero-order chi connectivity index (χ0) is 32.9. The standard InChI is InChI=1S/C32H46O10SSi/c1-21-14-16-24(17-15-21)43(36,37)41-29(22(2)33)28-27(31(34)35)25(42-44(7,8)32(3,4)5)18-26(30(28)40-20-38-6)39-19-23-12-10-9-11-13-23/h9-17,25-30H,18-20H2,1-8H3,(H,34,35)/t25-,26+,27+,28+,29+,30-/m1/s1. The molecule has 2 aromatic carbocycles. The maximum absolute atomic E-state index is 13.5. The van der Waals surface area contributed by atoms with Gasteiger partial charge in [0.2, 0.25) is 0 Å². The molecular formula is C32H46O10SSi. The summed E-state index contributed by atoms with van der Waals surface area (Å²) in [5.74, 6) is -4.58. The molecule has 44 heavy (non-hydrogen) atoms. The first kappa shape index (κ1) is 36.0. The van der Waals surface area contributed by atoms with Crippen molar-refractivity contribution in [2.75, 3.05) is 13.9 Å². The van der Waals surface area contributed by atoms with Gasteiger partial charge in [-0.1, -0.05) is 68.8 Å². The molecule has 0 heterocycles. The van der Waals surface area contributed by atoms with Gasteiger partial charge in [-0.05, 0) is 49.7 Å². The summed E-state index contributed by atoms with van der Waals surface area (Å²) in [5, 5.41) is 10.4. The van der Waals surface area contributed by atoms with Crippen LogP contribution in [0.25, 0.3) is 0 Å². The summed E-state index contributed by atoms with van der Waals surface area (Å²) in [6, 6.07) is 15.4. The summed E-state index contributed by atoms with van der Waals surface area (Å²) in [4.78, 5) is 26.2. The number of carboxylic acids is 1. The van der Waals surface area contributed by atoms with Crippen LogP contribution >= 0.6 is 0 Å². The van der Waals surface area contributed by atoms with Gasteiger partial charge in [0, 0.05) is 19.4 Å². The predicted molar refractivity (Wildman–Crippen MR) is 167 cm³/mol. The van der Waals surface area contributed by atoms with Crippen molar-refractivity contribution in [2.24, 2.45) is 11.8 Å². The van der Waals surface area contributed by atoms with Gasteiger partial charge in [0.25, 0.3) is 10.1 Å². The molecule has 0 bridgehead atoms. The fourth-order valence-corrected chi connectivity index (χ4v) is 7.65. The van der Waals surface area contributed by atoms with Crippen LogP contribution in [0.1, 0.15) is 45.2 Å². The third-order valence-electron chi connectivity index (χ3n) is 8.54. The number of methoxy groups -OCH3 is 1. The van der Waals surface area contributed by atoms with E-state index in [9.17, 15) is 23.1 Å². The highest BCUT2D eigenvalue weighted by Crippen LogP contribution is 2.45. The SMILES string of the molecule is COCO[C@H]1[C@H]([C@@H](OS(=O)(=O)c2ccc(C)cc2)C(C)=O)[C@@H](C(=O)O)[C@H](O[Si](C)(C)C(C)(C)C)C[C@@H]1OCc1ccccc1. The lowest BCUT2D eigenvalue weighted by molar-refractivity contribution is -0.211. The Bertz CT molecular complexity index is 1360. The number of hydrogen-bond acceptors (Lipinski definition) is 9. The molecule has 0 amide bonds. The molecule has 0 spiro atoms. The molecule has 1 saturated carbocycles. The van der Waals surface area contributed by atoms with E-state index < -0.39 is 66.4 Å². The van der Waals surface area contributed by atoms with Crippen molar-refractivity contribution in [3.63, 3.8) is 0 Å². The van der Waals surface area contributed by atoms with Crippen LogP contribution in [0.5, 0.6) is 0 Å². The Hall–Kier alpha value is -2.45. The predicted octanol–water partition coefficient (Wildman–Crippen LogP) is 5.34. The van der Waals surface area contributed by atoms with Gasteiger partial charge >= 0.3 is 5.97 Å². The monoisotopic (exact) mass is 650 g/mol. The van der Waals surface area contributed by atoms with Crippen LogP contribution in [0.4, 0.5) is 0 Å². The van der Waals surface area contributed by atoms with Crippen molar-refractivity contribution in [1.82, 2.24) is 0 Å². The topological polar surface area (TPSA) is 135 Å². The van der Waals surface area contributed by atoms with Crippen LogP contribution in [0.3, 0.4) is 0 Å². The Kier molecular flexibility index (Phi) is 12.1. The Morgan fingerprint density at radius 1 is 1.00 bits per heavy atom. The first-order valence-electron chi connectivity index (χ1n) is 14.7. The molecule has 2 aromatic rings. The first-order chi connectivity index (χ1) is 20.5. The Balaban J connectivity index is 2.15. The summed E-state index contributed by atoms with van der Waals surface area (Å²) < 4.78 is 57.0. The summed E-state index contributed by atoms with van der Waals surface area (Å²) in [6.07, 6.45) is -4.36.